The Morgan fingerprint density at radius 3 is 2.20 bits per heavy atom. The predicted octanol–water partition coefficient (Wildman–Crippen LogP) is 3.89. The Kier molecular flexibility index (Phi) is 5.66. The molecular weight excluding hydrogens is 448 g/mol. The highest BCUT2D eigenvalue weighted by Crippen LogP contribution is 2.34. The number of benzene rings is 2. The van der Waals surface area contributed by atoms with E-state index < -0.39 is 11.5 Å². The third-order valence-corrected chi connectivity index (χ3v) is 5.74. The molecule has 0 amide bonds. The van der Waals surface area contributed by atoms with Crippen LogP contribution in [0.4, 0.5) is 0 Å². The minimum absolute atomic E-state index is 0.147. The maximum atomic E-state index is 13.1. The maximum absolute atomic E-state index is 13.1. The highest BCUT2D eigenvalue weighted by atomic mass is 16.5. The first-order valence-corrected chi connectivity index (χ1v) is 10.9. The lowest BCUT2D eigenvalue weighted by Crippen LogP contribution is -2.24. The fraction of sp³-hybridized carbons (Fsp3) is 0.154. The van der Waals surface area contributed by atoms with E-state index in [-0.39, 0.29) is 12.2 Å². The Hall–Kier alpha value is -4.66. The lowest BCUT2D eigenvalue weighted by molar-refractivity contribution is 0.0523. The van der Waals surface area contributed by atoms with Crippen LogP contribution in [0.3, 0.4) is 0 Å². The number of esters is 1. The van der Waals surface area contributed by atoms with Crippen molar-refractivity contribution in [1.29, 1.82) is 0 Å². The van der Waals surface area contributed by atoms with Gasteiger partial charge in [0.15, 0.2) is 11.3 Å². The van der Waals surface area contributed by atoms with Crippen molar-refractivity contribution >= 4 is 22.6 Å². The molecule has 9 nitrogen and oxygen atoms in total. The van der Waals surface area contributed by atoms with Gasteiger partial charge < -0.3 is 18.8 Å². The van der Waals surface area contributed by atoms with E-state index in [1.807, 2.05) is 59.3 Å². The molecule has 0 N–H and O–H groups in total. The third-order valence-electron chi connectivity index (χ3n) is 5.74. The number of methoxy groups -OCH3 is 2. The van der Waals surface area contributed by atoms with E-state index in [0.29, 0.717) is 16.7 Å². The zero-order valence-corrected chi connectivity index (χ0v) is 19.4. The molecule has 0 aliphatic heterocycles. The molecule has 3 aromatic heterocycles. The van der Waals surface area contributed by atoms with E-state index in [1.54, 1.807) is 21.1 Å². The van der Waals surface area contributed by atoms with Crippen LogP contribution in [-0.2, 0) is 4.74 Å². The van der Waals surface area contributed by atoms with Crippen molar-refractivity contribution < 1.29 is 19.0 Å². The fourth-order valence-corrected chi connectivity index (χ4v) is 3.99. The number of aromatic nitrogens is 4. The van der Waals surface area contributed by atoms with Gasteiger partial charge in [0, 0.05) is 23.6 Å². The van der Waals surface area contributed by atoms with Crippen LogP contribution in [-0.4, -0.2) is 45.7 Å². The largest absolute Gasteiger partial charge is 0.497 e. The second-order valence-electron chi connectivity index (χ2n) is 7.67. The standard InChI is InChI=1S/C26H22N4O5/c1-4-35-26(32)20-13-27-23-22-21(16-5-9-18(33-2)10-6-16)14-29(17-7-11-19(34-3)12-8-17)24(22)28-15-30(23)25(20)31/h5-15H,4H2,1-3H3. The minimum Gasteiger partial charge on any atom is -0.497 e. The predicted molar refractivity (Wildman–Crippen MR) is 131 cm³/mol. The summed E-state index contributed by atoms with van der Waals surface area (Å²) in [7, 11) is 3.23. The average Bonchev–Trinajstić information content (AvgIpc) is 3.29. The number of ether oxygens (including phenoxy) is 3. The van der Waals surface area contributed by atoms with E-state index in [1.165, 1.54) is 16.9 Å². The van der Waals surface area contributed by atoms with Crippen LogP contribution in [0.5, 0.6) is 11.5 Å². The van der Waals surface area contributed by atoms with Gasteiger partial charge >= 0.3 is 5.97 Å². The molecule has 35 heavy (non-hydrogen) atoms. The summed E-state index contributed by atoms with van der Waals surface area (Å²) in [5.41, 5.74) is 2.87. The molecular formula is C26H22N4O5. The van der Waals surface area contributed by atoms with Crippen LogP contribution < -0.4 is 15.0 Å². The molecule has 176 valence electrons. The van der Waals surface area contributed by atoms with E-state index in [4.69, 9.17) is 14.2 Å². The first kappa shape index (κ1) is 22.1. The van der Waals surface area contributed by atoms with Crippen molar-refractivity contribution in [1.82, 2.24) is 18.9 Å². The van der Waals surface area contributed by atoms with Gasteiger partial charge in [-0.15, -0.1) is 0 Å². The van der Waals surface area contributed by atoms with Crippen molar-refractivity contribution in [3.8, 4) is 28.3 Å². The molecule has 5 aromatic rings. The van der Waals surface area contributed by atoms with Gasteiger partial charge in [0.25, 0.3) is 5.56 Å². The molecule has 0 unspecified atom stereocenters. The summed E-state index contributed by atoms with van der Waals surface area (Å²) in [5.74, 6) is 0.744. The molecule has 5 rings (SSSR count). The Morgan fingerprint density at radius 2 is 1.57 bits per heavy atom. The highest BCUT2D eigenvalue weighted by molar-refractivity contribution is 6.04. The van der Waals surface area contributed by atoms with Crippen LogP contribution in [0.15, 0.2) is 72.0 Å². The maximum Gasteiger partial charge on any atom is 0.345 e. The highest BCUT2D eigenvalue weighted by Gasteiger charge is 2.20. The summed E-state index contributed by atoms with van der Waals surface area (Å²) in [6.45, 7) is 1.84. The number of carbonyl (C=O) groups is 1. The number of nitrogens with zero attached hydrogens (tertiary/aromatic N) is 4. The Balaban J connectivity index is 1.80. The van der Waals surface area contributed by atoms with E-state index >= 15 is 0 Å². The molecule has 0 spiro atoms. The number of rotatable bonds is 6. The van der Waals surface area contributed by atoms with Crippen LogP contribution in [0.25, 0.3) is 33.5 Å². The first-order chi connectivity index (χ1) is 17.0. The van der Waals surface area contributed by atoms with Crippen LogP contribution in [0.1, 0.15) is 17.3 Å². The van der Waals surface area contributed by atoms with Gasteiger partial charge in [-0.25, -0.2) is 19.2 Å². The van der Waals surface area contributed by atoms with Gasteiger partial charge in [-0.3, -0.25) is 4.79 Å². The molecule has 0 saturated carbocycles. The van der Waals surface area contributed by atoms with Gasteiger partial charge in [-0.05, 0) is 48.9 Å². The normalized spacial score (nSPS) is 11.1. The Labute approximate surface area is 200 Å². The van der Waals surface area contributed by atoms with Crippen molar-refractivity contribution in [3.05, 3.63) is 83.2 Å². The number of fused-ring (bicyclic) bond motifs is 3. The van der Waals surface area contributed by atoms with Crippen molar-refractivity contribution in [2.75, 3.05) is 20.8 Å². The lowest BCUT2D eigenvalue weighted by atomic mass is 10.1. The quantitative estimate of drug-likeness (QED) is 0.347. The molecule has 0 bridgehead atoms. The fourth-order valence-electron chi connectivity index (χ4n) is 3.99. The summed E-state index contributed by atoms with van der Waals surface area (Å²) in [6.07, 6.45) is 4.60. The third kappa shape index (κ3) is 3.76. The summed E-state index contributed by atoms with van der Waals surface area (Å²) in [5, 5.41) is 0.668. The van der Waals surface area contributed by atoms with E-state index in [9.17, 15) is 9.59 Å². The second kappa shape index (κ2) is 8.94. The topological polar surface area (TPSA) is 96.9 Å². The molecule has 3 heterocycles. The first-order valence-electron chi connectivity index (χ1n) is 10.9. The molecule has 0 atom stereocenters. The van der Waals surface area contributed by atoms with Crippen molar-refractivity contribution in [3.63, 3.8) is 0 Å². The van der Waals surface area contributed by atoms with Gasteiger partial charge in [-0.1, -0.05) is 12.1 Å². The summed E-state index contributed by atoms with van der Waals surface area (Å²) in [4.78, 5) is 34.4. The van der Waals surface area contributed by atoms with Crippen LogP contribution >= 0.6 is 0 Å². The number of hydrogen-bond donors (Lipinski definition) is 0. The smallest absolute Gasteiger partial charge is 0.345 e. The molecule has 0 aliphatic carbocycles. The monoisotopic (exact) mass is 470 g/mol. The van der Waals surface area contributed by atoms with Crippen molar-refractivity contribution in [2.24, 2.45) is 0 Å². The number of hydrogen-bond acceptors (Lipinski definition) is 7. The van der Waals surface area contributed by atoms with E-state index in [2.05, 4.69) is 9.97 Å². The molecule has 0 radical (unpaired) electrons. The van der Waals surface area contributed by atoms with Gasteiger partial charge in [-0.2, -0.15) is 0 Å². The second-order valence-corrected chi connectivity index (χ2v) is 7.67. The molecule has 0 aliphatic rings. The van der Waals surface area contributed by atoms with Gasteiger partial charge in [0.2, 0.25) is 0 Å². The van der Waals surface area contributed by atoms with Crippen LogP contribution in [0.2, 0.25) is 0 Å². The summed E-state index contributed by atoms with van der Waals surface area (Å²) >= 11 is 0. The Bertz CT molecular complexity index is 1600. The Morgan fingerprint density at radius 1 is 0.914 bits per heavy atom. The SMILES string of the molecule is CCOC(=O)c1cnc2c3c(-c4ccc(OC)cc4)cn(-c4ccc(OC)cc4)c3ncn2c1=O. The molecule has 0 saturated heterocycles. The zero-order chi connectivity index (χ0) is 24.5. The average molecular weight is 470 g/mol. The van der Waals surface area contributed by atoms with E-state index in [0.717, 1.165) is 28.3 Å². The summed E-state index contributed by atoms with van der Waals surface area (Å²) < 4.78 is 18.8. The zero-order valence-electron chi connectivity index (χ0n) is 19.4. The lowest BCUT2D eigenvalue weighted by Gasteiger charge is -2.08. The van der Waals surface area contributed by atoms with Crippen LogP contribution in [0, 0.1) is 0 Å². The molecule has 9 heteroatoms. The van der Waals surface area contributed by atoms with Gasteiger partial charge in [0.05, 0.1) is 26.2 Å². The summed E-state index contributed by atoms with van der Waals surface area (Å²) in [6, 6.07) is 15.2. The number of carbonyl (C=O) groups excluding carboxylic acids is 1. The minimum atomic E-state index is -0.717. The molecule has 0 fully saturated rings. The van der Waals surface area contributed by atoms with Crippen molar-refractivity contribution in [2.45, 2.75) is 6.92 Å². The van der Waals surface area contributed by atoms with Gasteiger partial charge in [0.1, 0.15) is 23.4 Å². The molecule has 2 aromatic carbocycles.